The first-order valence-corrected chi connectivity index (χ1v) is 5.22. The lowest BCUT2D eigenvalue weighted by molar-refractivity contribution is 0.617. The monoisotopic (exact) mass is 257 g/mol. The van der Waals surface area contributed by atoms with Crippen molar-refractivity contribution in [2.24, 2.45) is 0 Å². The third-order valence-electron chi connectivity index (χ3n) is 2.18. The third-order valence-corrected chi connectivity index (χ3v) is 2.79. The van der Waals surface area contributed by atoms with E-state index in [1.807, 2.05) is 24.9 Å². The lowest BCUT2D eigenvalue weighted by Crippen LogP contribution is -2.18. The van der Waals surface area contributed by atoms with E-state index in [-0.39, 0.29) is 5.82 Å². The summed E-state index contributed by atoms with van der Waals surface area (Å²) in [7, 11) is 1.86. The van der Waals surface area contributed by atoms with Crippen LogP contribution in [0.1, 0.15) is 12.5 Å². The van der Waals surface area contributed by atoms with Gasteiger partial charge in [-0.15, -0.1) is 0 Å². The first kappa shape index (κ1) is 11.2. The summed E-state index contributed by atoms with van der Waals surface area (Å²) in [5.74, 6) is -0.230. The molecule has 3 heteroatoms. The Morgan fingerprint density at radius 1 is 1.57 bits per heavy atom. The van der Waals surface area contributed by atoms with Gasteiger partial charge < -0.3 is 4.90 Å². The fourth-order valence-corrected chi connectivity index (χ4v) is 1.59. The minimum Gasteiger partial charge on any atom is -0.372 e. The van der Waals surface area contributed by atoms with Crippen molar-refractivity contribution in [3.63, 3.8) is 0 Å². The van der Waals surface area contributed by atoms with Gasteiger partial charge in [0, 0.05) is 19.2 Å². The van der Waals surface area contributed by atoms with Crippen LogP contribution in [0.2, 0.25) is 0 Å². The maximum Gasteiger partial charge on any atom is 0.161 e. The molecule has 76 valence electrons. The maximum absolute atomic E-state index is 13.8. The van der Waals surface area contributed by atoms with E-state index in [0.717, 1.165) is 12.1 Å². The van der Waals surface area contributed by atoms with Gasteiger partial charge in [-0.3, -0.25) is 0 Å². The van der Waals surface area contributed by atoms with Crippen molar-refractivity contribution < 1.29 is 4.39 Å². The van der Waals surface area contributed by atoms with E-state index in [2.05, 4.69) is 22.5 Å². The molecule has 1 aromatic rings. The Kier molecular flexibility index (Phi) is 3.69. The first-order chi connectivity index (χ1) is 6.61. The van der Waals surface area contributed by atoms with Crippen LogP contribution < -0.4 is 4.90 Å². The van der Waals surface area contributed by atoms with Crippen molar-refractivity contribution in [3.05, 3.63) is 34.6 Å². The predicted molar refractivity (Wildman–Crippen MR) is 63.1 cm³/mol. The average Bonchev–Trinajstić information content (AvgIpc) is 2.20. The number of rotatable bonds is 3. The van der Waals surface area contributed by atoms with E-state index in [9.17, 15) is 4.39 Å². The lowest BCUT2D eigenvalue weighted by Gasteiger charge is -2.20. The SMILES string of the molecule is C=Cc1ccc(Br)c(F)c1N(C)CC. The molecule has 0 spiro atoms. The molecule has 0 heterocycles. The van der Waals surface area contributed by atoms with Gasteiger partial charge in [0.15, 0.2) is 5.82 Å². The van der Waals surface area contributed by atoms with Crippen molar-refractivity contribution in [1.29, 1.82) is 0 Å². The van der Waals surface area contributed by atoms with Gasteiger partial charge in [0.1, 0.15) is 0 Å². The molecule has 0 unspecified atom stereocenters. The zero-order valence-corrected chi connectivity index (χ0v) is 9.94. The van der Waals surface area contributed by atoms with E-state index in [1.165, 1.54) is 0 Å². The maximum atomic E-state index is 13.8. The Hall–Kier alpha value is -0.830. The highest BCUT2D eigenvalue weighted by Gasteiger charge is 2.12. The second-order valence-corrected chi connectivity index (χ2v) is 3.87. The summed E-state index contributed by atoms with van der Waals surface area (Å²) >= 11 is 3.17. The summed E-state index contributed by atoms with van der Waals surface area (Å²) in [5, 5.41) is 0. The number of benzene rings is 1. The minimum atomic E-state index is -0.230. The zero-order chi connectivity index (χ0) is 10.7. The molecule has 14 heavy (non-hydrogen) atoms. The summed E-state index contributed by atoms with van der Waals surface area (Å²) < 4.78 is 14.2. The molecule has 1 nitrogen and oxygen atoms in total. The van der Waals surface area contributed by atoms with Crippen molar-refractivity contribution in [1.82, 2.24) is 0 Å². The largest absolute Gasteiger partial charge is 0.372 e. The van der Waals surface area contributed by atoms with E-state index in [4.69, 9.17) is 0 Å². The van der Waals surface area contributed by atoms with Gasteiger partial charge >= 0.3 is 0 Å². The van der Waals surface area contributed by atoms with Crippen molar-refractivity contribution >= 4 is 27.7 Å². The van der Waals surface area contributed by atoms with Gasteiger partial charge in [0.2, 0.25) is 0 Å². The molecule has 0 aromatic heterocycles. The quantitative estimate of drug-likeness (QED) is 0.799. The van der Waals surface area contributed by atoms with Crippen LogP contribution in [0.4, 0.5) is 10.1 Å². The van der Waals surface area contributed by atoms with Gasteiger partial charge in [0.25, 0.3) is 0 Å². The molecular formula is C11H13BrFN. The Bertz CT molecular complexity index is 349. The number of nitrogens with zero attached hydrogens (tertiary/aromatic N) is 1. The Balaban J connectivity index is 3.34. The van der Waals surface area contributed by atoms with Crippen molar-refractivity contribution in [3.8, 4) is 0 Å². The molecule has 1 rings (SSSR count). The molecule has 0 saturated carbocycles. The number of hydrogen-bond acceptors (Lipinski definition) is 1. The normalized spacial score (nSPS) is 10.0. The van der Waals surface area contributed by atoms with Crippen LogP contribution in [0, 0.1) is 5.82 Å². The summed E-state index contributed by atoms with van der Waals surface area (Å²) in [6.45, 7) is 6.41. The predicted octanol–water partition coefficient (Wildman–Crippen LogP) is 3.69. The smallest absolute Gasteiger partial charge is 0.161 e. The minimum absolute atomic E-state index is 0.230. The van der Waals surface area contributed by atoms with Crippen LogP contribution >= 0.6 is 15.9 Å². The van der Waals surface area contributed by atoms with Crippen LogP contribution in [-0.4, -0.2) is 13.6 Å². The molecule has 0 fully saturated rings. The van der Waals surface area contributed by atoms with Gasteiger partial charge in [-0.25, -0.2) is 4.39 Å². The van der Waals surface area contributed by atoms with E-state index >= 15 is 0 Å². The first-order valence-electron chi connectivity index (χ1n) is 4.43. The van der Waals surface area contributed by atoms with Crippen LogP contribution in [0.3, 0.4) is 0 Å². The summed E-state index contributed by atoms with van der Waals surface area (Å²) in [4.78, 5) is 1.86. The standard InChI is InChI=1S/C11H13BrFN/c1-4-8-6-7-9(12)10(13)11(8)14(3)5-2/h4,6-7H,1,5H2,2-3H3. The van der Waals surface area contributed by atoms with Gasteiger partial charge in [-0.1, -0.05) is 18.7 Å². The summed E-state index contributed by atoms with van der Waals surface area (Å²) in [5.41, 5.74) is 1.41. The zero-order valence-electron chi connectivity index (χ0n) is 8.35. The van der Waals surface area contributed by atoms with E-state index < -0.39 is 0 Å². The molecule has 0 N–H and O–H groups in total. The number of halogens is 2. The van der Waals surface area contributed by atoms with E-state index in [1.54, 1.807) is 12.1 Å². The highest BCUT2D eigenvalue weighted by Crippen LogP contribution is 2.30. The van der Waals surface area contributed by atoms with Crippen molar-refractivity contribution in [2.75, 3.05) is 18.5 Å². The molecule has 0 aliphatic heterocycles. The van der Waals surface area contributed by atoms with Crippen LogP contribution in [0.5, 0.6) is 0 Å². The fraction of sp³-hybridized carbons (Fsp3) is 0.273. The number of anilines is 1. The van der Waals surface area contributed by atoms with Gasteiger partial charge in [-0.2, -0.15) is 0 Å². The Labute approximate surface area is 92.4 Å². The molecule has 0 atom stereocenters. The Morgan fingerprint density at radius 3 is 2.71 bits per heavy atom. The highest BCUT2D eigenvalue weighted by atomic mass is 79.9. The molecule has 0 aliphatic rings. The third kappa shape index (κ3) is 1.98. The number of hydrogen-bond donors (Lipinski definition) is 0. The molecule has 0 amide bonds. The second kappa shape index (κ2) is 4.60. The molecule has 0 saturated heterocycles. The molecule has 1 aromatic carbocycles. The Morgan fingerprint density at radius 2 is 2.21 bits per heavy atom. The van der Waals surface area contributed by atoms with Gasteiger partial charge in [0.05, 0.1) is 10.2 Å². The topological polar surface area (TPSA) is 3.24 Å². The van der Waals surface area contributed by atoms with Crippen LogP contribution in [0.15, 0.2) is 23.2 Å². The van der Waals surface area contributed by atoms with Crippen LogP contribution in [-0.2, 0) is 0 Å². The highest BCUT2D eigenvalue weighted by molar-refractivity contribution is 9.10. The molecule has 0 bridgehead atoms. The average molecular weight is 258 g/mol. The van der Waals surface area contributed by atoms with Crippen molar-refractivity contribution in [2.45, 2.75) is 6.92 Å². The molecular weight excluding hydrogens is 245 g/mol. The van der Waals surface area contributed by atoms with E-state index in [0.29, 0.717) is 10.2 Å². The van der Waals surface area contributed by atoms with Crippen LogP contribution in [0.25, 0.3) is 6.08 Å². The second-order valence-electron chi connectivity index (χ2n) is 3.02. The fourth-order valence-electron chi connectivity index (χ4n) is 1.27. The summed E-state index contributed by atoms with van der Waals surface area (Å²) in [6, 6.07) is 3.54. The molecule has 0 aliphatic carbocycles. The lowest BCUT2D eigenvalue weighted by atomic mass is 10.1. The molecule has 0 radical (unpaired) electrons. The summed E-state index contributed by atoms with van der Waals surface area (Å²) in [6.07, 6.45) is 1.66. The van der Waals surface area contributed by atoms with Gasteiger partial charge in [-0.05, 0) is 28.9 Å².